The number of amides is 2. The number of sulfonamides is 1. The first kappa shape index (κ1) is 20.2. The lowest BCUT2D eigenvalue weighted by atomic mass is 10.2. The first-order valence-electron chi connectivity index (χ1n) is 7.94. The highest BCUT2D eigenvalue weighted by atomic mass is 32.2. The van der Waals surface area contributed by atoms with Gasteiger partial charge in [0.25, 0.3) is 21.8 Å². The molecule has 0 aliphatic heterocycles. The largest absolute Gasteiger partial charge is 0.496 e. The molecule has 0 aromatic heterocycles. The lowest BCUT2D eigenvalue weighted by molar-refractivity contribution is 0.0827. The molecule has 0 radical (unpaired) electrons. The molecule has 27 heavy (non-hydrogen) atoms. The molecule has 144 valence electrons. The Hall–Kier alpha value is -3.07. The molecule has 0 aliphatic carbocycles. The molecule has 2 aromatic carbocycles. The van der Waals surface area contributed by atoms with Crippen LogP contribution in [0.1, 0.15) is 20.7 Å². The van der Waals surface area contributed by atoms with Gasteiger partial charge in [-0.25, -0.2) is 8.42 Å². The third-order valence-electron chi connectivity index (χ3n) is 3.74. The summed E-state index contributed by atoms with van der Waals surface area (Å²) in [7, 11) is 2.17. The van der Waals surface area contributed by atoms with E-state index in [9.17, 15) is 18.0 Å². The zero-order valence-electron chi connectivity index (χ0n) is 15.4. The number of hydrogen-bond donors (Lipinski definition) is 2. The monoisotopic (exact) mass is 391 g/mol. The maximum Gasteiger partial charge on any atom is 0.261 e. The molecule has 9 heteroatoms. The third-order valence-corrected chi connectivity index (χ3v) is 5.12. The number of methoxy groups -OCH3 is 1. The minimum atomic E-state index is -3.93. The fourth-order valence-electron chi connectivity index (χ4n) is 2.32. The summed E-state index contributed by atoms with van der Waals surface area (Å²) in [5, 5.41) is 2.44. The highest BCUT2D eigenvalue weighted by Crippen LogP contribution is 2.24. The van der Waals surface area contributed by atoms with E-state index < -0.39 is 15.9 Å². The Labute approximate surface area is 158 Å². The summed E-state index contributed by atoms with van der Waals surface area (Å²) >= 11 is 0. The summed E-state index contributed by atoms with van der Waals surface area (Å²) < 4.78 is 32.8. The van der Waals surface area contributed by atoms with Gasteiger partial charge in [0.05, 0.1) is 17.6 Å². The van der Waals surface area contributed by atoms with Gasteiger partial charge in [-0.2, -0.15) is 0 Å². The molecule has 0 saturated heterocycles. The second-order valence-electron chi connectivity index (χ2n) is 5.82. The second-order valence-corrected chi connectivity index (χ2v) is 7.51. The summed E-state index contributed by atoms with van der Waals surface area (Å²) in [6.07, 6.45) is 0. The van der Waals surface area contributed by atoms with Gasteiger partial charge in [-0.3, -0.25) is 14.3 Å². The van der Waals surface area contributed by atoms with Gasteiger partial charge in [0.2, 0.25) is 0 Å². The van der Waals surface area contributed by atoms with Gasteiger partial charge in [0, 0.05) is 32.4 Å². The van der Waals surface area contributed by atoms with Gasteiger partial charge >= 0.3 is 0 Å². The van der Waals surface area contributed by atoms with Gasteiger partial charge in [-0.1, -0.05) is 0 Å². The molecule has 2 amide bonds. The summed E-state index contributed by atoms with van der Waals surface area (Å²) in [5.74, 6) is -0.384. The highest BCUT2D eigenvalue weighted by molar-refractivity contribution is 7.92. The van der Waals surface area contributed by atoms with Crippen molar-refractivity contribution in [2.24, 2.45) is 0 Å². The Morgan fingerprint density at radius 2 is 1.67 bits per heavy atom. The maximum absolute atomic E-state index is 12.6. The minimum absolute atomic E-state index is 0.0876. The summed E-state index contributed by atoms with van der Waals surface area (Å²) in [5.41, 5.74) is 0.840. The molecular weight excluding hydrogens is 370 g/mol. The van der Waals surface area contributed by atoms with Crippen molar-refractivity contribution in [2.45, 2.75) is 4.90 Å². The zero-order chi connectivity index (χ0) is 20.2. The minimum Gasteiger partial charge on any atom is -0.496 e. The van der Waals surface area contributed by atoms with Crippen molar-refractivity contribution in [2.75, 3.05) is 33.0 Å². The van der Waals surface area contributed by atoms with E-state index in [1.165, 1.54) is 61.5 Å². The van der Waals surface area contributed by atoms with Crippen molar-refractivity contribution in [1.82, 2.24) is 10.2 Å². The van der Waals surface area contributed by atoms with E-state index in [0.717, 1.165) is 0 Å². The molecule has 2 aromatic rings. The standard InChI is InChI=1S/C18H21N3O5S/c1-19-17(22)15-11-14(9-10-16(15)26-4)27(24,25)20-13-7-5-12(6-8-13)18(23)21(2)3/h5-11,20H,1-4H3,(H,19,22). The smallest absolute Gasteiger partial charge is 0.261 e. The SMILES string of the molecule is CNC(=O)c1cc(S(=O)(=O)Nc2ccc(C(=O)N(C)C)cc2)ccc1OC. The summed E-state index contributed by atoms with van der Waals surface area (Å²) in [6, 6.07) is 10.1. The number of nitrogens with one attached hydrogen (secondary N) is 2. The molecule has 2 rings (SSSR count). The molecule has 0 saturated carbocycles. The molecular formula is C18H21N3O5S. The Balaban J connectivity index is 2.31. The van der Waals surface area contributed by atoms with Crippen molar-refractivity contribution < 1.29 is 22.7 Å². The molecule has 0 unspecified atom stereocenters. The van der Waals surface area contributed by atoms with E-state index in [0.29, 0.717) is 11.3 Å². The van der Waals surface area contributed by atoms with Crippen molar-refractivity contribution in [3.63, 3.8) is 0 Å². The lowest BCUT2D eigenvalue weighted by Crippen LogP contribution is -2.21. The van der Waals surface area contributed by atoms with E-state index in [1.54, 1.807) is 14.1 Å². The quantitative estimate of drug-likeness (QED) is 0.778. The zero-order valence-corrected chi connectivity index (χ0v) is 16.3. The molecule has 0 atom stereocenters. The van der Waals surface area contributed by atoms with E-state index >= 15 is 0 Å². The molecule has 0 fully saturated rings. The van der Waals surface area contributed by atoms with Crippen LogP contribution in [-0.2, 0) is 10.0 Å². The molecule has 8 nitrogen and oxygen atoms in total. The van der Waals surface area contributed by atoms with Gasteiger partial charge < -0.3 is 15.0 Å². The van der Waals surface area contributed by atoms with Crippen molar-refractivity contribution >= 4 is 27.5 Å². The number of hydrogen-bond acceptors (Lipinski definition) is 5. The first-order chi connectivity index (χ1) is 12.7. The number of carbonyl (C=O) groups is 2. The average molecular weight is 391 g/mol. The van der Waals surface area contributed by atoms with Crippen LogP contribution < -0.4 is 14.8 Å². The predicted molar refractivity (Wildman–Crippen MR) is 102 cm³/mol. The Bertz CT molecular complexity index is 953. The summed E-state index contributed by atoms with van der Waals surface area (Å²) in [6.45, 7) is 0. The molecule has 0 bridgehead atoms. The number of rotatable bonds is 6. The fourth-order valence-corrected chi connectivity index (χ4v) is 3.40. The van der Waals surface area contributed by atoms with Crippen LogP contribution in [0.25, 0.3) is 0 Å². The molecule has 2 N–H and O–H groups in total. The van der Waals surface area contributed by atoms with E-state index in [2.05, 4.69) is 10.0 Å². The summed E-state index contributed by atoms with van der Waals surface area (Å²) in [4.78, 5) is 25.2. The fraction of sp³-hybridized carbons (Fsp3) is 0.222. The normalized spacial score (nSPS) is 10.8. The van der Waals surface area contributed by atoms with Crippen molar-refractivity contribution in [3.05, 3.63) is 53.6 Å². The van der Waals surface area contributed by atoms with Gasteiger partial charge in [0.15, 0.2) is 0 Å². The van der Waals surface area contributed by atoms with Crippen molar-refractivity contribution in [1.29, 1.82) is 0 Å². The Morgan fingerprint density at radius 1 is 1.04 bits per heavy atom. The number of anilines is 1. The van der Waals surface area contributed by atoms with Crippen LogP contribution in [0, 0.1) is 0 Å². The van der Waals surface area contributed by atoms with Gasteiger partial charge in [-0.15, -0.1) is 0 Å². The molecule has 0 aliphatic rings. The van der Waals surface area contributed by atoms with Crippen LogP contribution >= 0.6 is 0 Å². The van der Waals surface area contributed by atoms with E-state index in [-0.39, 0.29) is 22.1 Å². The lowest BCUT2D eigenvalue weighted by Gasteiger charge is -2.13. The molecule has 0 heterocycles. The van der Waals surface area contributed by atoms with E-state index in [4.69, 9.17) is 4.74 Å². The number of ether oxygens (including phenoxy) is 1. The predicted octanol–water partition coefficient (Wildman–Crippen LogP) is 1.56. The maximum atomic E-state index is 12.6. The Morgan fingerprint density at radius 3 is 2.19 bits per heavy atom. The third kappa shape index (κ3) is 4.56. The average Bonchev–Trinajstić information content (AvgIpc) is 2.66. The number of benzene rings is 2. The topological polar surface area (TPSA) is 105 Å². The second kappa shape index (κ2) is 8.09. The van der Waals surface area contributed by atoms with Gasteiger partial charge in [0.1, 0.15) is 5.75 Å². The van der Waals surface area contributed by atoms with Crippen molar-refractivity contribution in [3.8, 4) is 5.75 Å². The van der Waals surface area contributed by atoms with Crippen LogP contribution in [0.5, 0.6) is 5.75 Å². The number of nitrogens with zero attached hydrogens (tertiary/aromatic N) is 1. The van der Waals surface area contributed by atoms with Gasteiger partial charge in [-0.05, 0) is 42.5 Å². The first-order valence-corrected chi connectivity index (χ1v) is 9.42. The highest BCUT2D eigenvalue weighted by Gasteiger charge is 2.20. The number of carbonyl (C=O) groups excluding carboxylic acids is 2. The van der Waals surface area contributed by atoms with Crippen LogP contribution in [0.15, 0.2) is 47.4 Å². The molecule has 0 spiro atoms. The van der Waals surface area contributed by atoms with Crippen LogP contribution in [0.2, 0.25) is 0 Å². The van der Waals surface area contributed by atoms with Crippen LogP contribution in [-0.4, -0.2) is 53.4 Å². The van der Waals surface area contributed by atoms with Crippen LogP contribution in [0.4, 0.5) is 5.69 Å². The van der Waals surface area contributed by atoms with E-state index in [1.807, 2.05) is 0 Å². The van der Waals surface area contributed by atoms with Crippen LogP contribution in [0.3, 0.4) is 0 Å². The Kier molecular flexibility index (Phi) is 6.06.